The van der Waals surface area contributed by atoms with Gasteiger partial charge in [-0.3, -0.25) is 9.59 Å². The van der Waals surface area contributed by atoms with Gasteiger partial charge in [0.2, 0.25) is 0 Å². The topological polar surface area (TPSA) is 126 Å². The van der Waals surface area contributed by atoms with Crippen LogP contribution < -0.4 is 5.32 Å². The lowest BCUT2D eigenvalue weighted by molar-refractivity contribution is -0.135. The first-order valence-electron chi connectivity index (χ1n) is 8.92. The molecule has 3 heterocycles. The van der Waals surface area contributed by atoms with Gasteiger partial charge in [-0.1, -0.05) is 30.3 Å². The minimum atomic E-state index is -1.19. The molecule has 8 nitrogen and oxygen atoms in total. The second-order valence-corrected chi connectivity index (χ2v) is 7.54. The fourth-order valence-electron chi connectivity index (χ4n) is 3.32. The number of hydrogen-bond acceptors (Lipinski definition) is 7. The lowest BCUT2D eigenvalue weighted by Gasteiger charge is -2.03. The molecule has 5 aromatic rings. The third kappa shape index (κ3) is 2.83. The zero-order chi connectivity index (χ0) is 20.8. The Hall–Kier alpha value is -3.98. The van der Waals surface area contributed by atoms with Gasteiger partial charge in [0.1, 0.15) is 32.9 Å². The normalized spacial score (nSPS) is 11.3. The maximum Gasteiger partial charge on any atom is 0.322 e. The number of thiazole rings is 1. The smallest absolute Gasteiger partial charge is 0.322 e. The number of aromatic nitrogens is 2. The largest absolute Gasteiger partial charge is 0.504 e. The molecule has 0 saturated heterocycles. The summed E-state index contributed by atoms with van der Waals surface area (Å²) in [4.78, 5) is 31.3. The zero-order valence-corrected chi connectivity index (χ0v) is 16.1. The molecule has 0 atom stereocenters. The Balaban J connectivity index is 1.63. The fourth-order valence-corrected chi connectivity index (χ4v) is 4.32. The number of para-hydroxylation sites is 2. The van der Waals surface area contributed by atoms with E-state index in [0.717, 1.165) is 21.9 Å². The minimum Gasteiger partial charge on any atom is -0.504 e. The molecule has 0 aliphatic rings. The highest BCUT2D eigenvalue weighted by Crippen LogP contribution is 2.41. The Labute approximate surface area is 172 Å². The van der Waals surface area contributed by atoms with Gasteiger partial charge in [-0.2, -0.15) is 0 Å². The molecule has 0 aliphatic heterocycles. The molecule has 30 heavy (non-hydrogen) atoms. The van der Waals surface area contributed by atoms with Crippen LogP contribution in [0.3, 0.4) is 0 Å². The summed E-state index contributed by atoms with van der Waals surface area (Å²) in [6.45, 7) is -0.569. The van der Waals surface area contributed by atoms with Crippen molar-refractivity contribution in [3.63, 3.8) is 0 Å². The van der Waals surface area contributed by atoms with Gasteiger partial charge in [0, 0.05) is 10.8 Å². The van der Waals surface area contributed by atoms with Crippen LogP contribution in [0, 0.1) is 0 Å². The summed E-state index contributed by atoms with van der Waals surface area (Å²) in [6, 6.07) is 13.5. The van der Waals surface area contributed by atoms with Crippen molar-refractivity contribution < 1.29 is 24.2 Å². The Bertz CT molecular complexity index is 1470. The van der Waals surface area contributed by atoms with E-state index in [1.807, 2.05) is 42.5 Å². The lowest BCUT2D eigenvalue weighted by Crippen LogP contribution is -2.29. The molecule has 0 bridgehead atoms. The van der Waals surface area contributed by atoms with E-state index in [4.69, 9.17) is 9.52 Å². The number of hydrogen-bond donors (Lipinski definition) is 3. The summed E-state index contributed by atoms with van der Waals surface area (Å²) < 4.78 is 6.43. The number of carboxylic acids is 1. The number of amides is 1. The minimum absolute atomic E-state index is 0.249. The van der Waals surface area contributed by atoms with Crippen LogP contribution >= 0.6 is 11.3 Å². The summed E-state index contributed by atoms with van der Waals surface area (Å²) in [7, 11) is 0. The highest BCUT2D eigenvalue weighted by molar-refractivity contribution is 7.22. The van der Waals surface area contributed by atoms with Gasteiger partial charge in [0.05, 0.1) is 11.8 Å². The van der Waals surface area contributed by atoms with Crippen molar-refractivity contribution in [2.24, 2.45) is 0 Å². The molecule has 0 fully saturated rings. The predicted octanol–water partition coefficient (Wildman–Crippen LogP) is 3.78. The van der Waals surface area contributed by atoms with Gasteiger partial charge in [0.25, 0.3) is 5.91 Å². The van der Waals surface area contributed by atoms with Gasteiger partial charge in [-0.15, -0.1) is 11.3 Å². The Morgan fingerprint density at radius 1 is 1.10 bits per heavy atom. The first-order chi connectivity index (χ1) is 14.5. The van der Waals surface area contributed by atoms with E-state index in [9.17, 15) is 14.7 Å². The molecular formula is C21H13N3O5S. The van der Waals surface area contributed by atoms with Crippen molar-refractivity contribution in [2.75, 3.05) is 6.54 Å². The monoisotopic (exact) mass is 419 g/mol. The molecule has 9 heteroatoms. The standard InChI is InChI=1S/C21H13N3O5S/c25-15(26)9-23-20(28)16-17(27)19-13(8-22-16)24-21(30-19)12-6-3-5-11-10-4-1-2-7-14(10)29-18(11)12/h1-8,27H,9H2,(H,23,28)(H,25,26). The number of pyridine rings is 1. The Kier molecular flexibility index (Phi) is 4.11. The number of fused-ring (bicyclic) bond motifs is 4. The molecule has 3 N–H and O–H groups in total. The summed E-state index contributed by atoms with van der Waals surface area (Å²) in [5.74, 6) is -2.30. The number of carboxylic acid groups (broad SMARTS) is 1. The number of carbonyl (C=O) groups is 2. The molecule has 1 amide bonds. The van der Waals surface area contributed by atoms with Crippen LogP contribution in [0.2, 0.25) is 0 Å². The SMILES string of the molecule is O=C(O)CNC(=O)c1ncc2nc(-c3cccc4c3oc3ccccc34)sc2c1O. The predicted molar refractivity (Wildman–Crippen MR) is 112 cm³/mol. The number of nitrogens with zero attached hydrogens (tertiary/aromatic N) is 2. The molecular weight excluding hydrogens is 406 g/mol. The van der Waals surface area contributed by atoms with Crippen LogP contribution in [-0.4, -0.2) is 38.6 Å². The number of benzene rings is 2. The number of furan rings is 1. The highest BCUT2D eigenvalue weighted by atomic mass is 32.1. The van der Waals surface area contributed by atoms with Crippen molar-refractivity contribution in [3.05, 3.63) is 54.4 Å². The number of carbonyl (C=O) groups excluding carboxylic acids is 1. The Morgan fingerprint density at radius 3 is 2.73 bits per heavy atom. The molecule has 3 aromatic heterocycles. The van der Waals surface area contributed by atoms with E-state index >= 15 is 0 Å². The Morgan fingerprint density at radius 2 is 1.90 bits per heavy atom. The maximum atomic E-state index is 12.1. The van der Waals surface area contributed by atoms with E-state index in [1.165, 1.54) is 17.5 Å². The van der Waals surface area contributed by atoms with E-state index in [2.05, 4.69) is 15.3 Å². The van der Waals surface area contributed by atoms with Crippen molar-refractivity contribution in [1.29, 1.82) is 0 Å². The molecule has 5 rings (SSSR count). The number of nitrogens with one attached hydrogen (secondary N) is 1. The molecule has 0 radical (unpaired) electrons. The lowest BCUT2D eigenvalue weighted by atomic mass is 10.1. The molecule has 0 aliphatic carbocycles. The van der Waals surface area contributed by atoms with Crippen LogP contribution in [0.15, 0.2) is 53.1 Å². The van der Waals surface area contributed by atoms with Crippen LogP contribution in [-0.2, 0) is 4.79 Å². The van der Waals surface area contributed by atoms with Crippen LogP contribution in [0.25, 0.3) is 42.7 Å². The highest BCUT2D eigenvalue weighted by Gasteiger charge is 2.21. The first kappa shape index (κ1) is 18.1. The van der Waals surface area contributed by atoms with E-state index < -0.39 is 18.4 Å². The fraction of sp³-hybridized carbons (Fsp3) is 0.0476. The van der Waals surface area contributed by atoms with Gasteiger partial charge >= 0.3 is 5.97 Å². The average Bonchev–Trinajstić information content (AvgIpc) is 3.34. The van der Waals surface area contributed by atoms with Crippen molar-refractivity contribution in [2.45, 2.75) is 0 Å². The number of aromatic hydroxyl groups is 1. The number of aliphatic carboxylic acids is 1. The van der Waals surface area contributed by atoms with Gasteiger partial charge < -0.3 is 19.9 Å². The zero-order valence-electron chi connectivity index (χ0n) is 15.2. The number of rotatable bonds is 4. The second-order valence-electron chi connectivity index (χ2n) is 6.55. The van der Waals surface area contributed by atoms with E-state index in [0.29, 0.717) is 20.8 Å². The quantitative estimate of drug-likeness (QED) is 0.405. The van der Waals surface area contributed by atoms with Crippen molar-refractivity contribution in [1.82, 2.24) is 15.3 Å². The molecule has 0 unspecified atom stereocenters. The third-order valence-corrected chi connectivity index (χ3v) is 5.77. The van der Waals surface area contributed by atoms with Crippen LogP contribution in [0.1, 0.15) is 10.5 Å². The summed E-state index contributed by atoms with van der Waals surface area (Å²) in [5.41, 5.74) is 2.39. The van der Waals surface area contributed by atoms with Crippen LogP contribution in [0.5, 0.6) is 5.75 Å². The molecule has 148 valence electrons. The van der Waals surface area contributed by atoms with Gasteiger partial charge in [-0.25, -0.2) is 9.97 Å². The molecule has 0 saturated carbocycles. The maximum absolute atomic E-state index is 12.1. The summed E-state index contributed by atoms with van der Waals surface area (Å²) in [5, 5.41) is 24.0. The van der Waals surface area contributed by atoms with Gasteiger partial charge in [-0.05, 0) is 12.1 Å². The van der Waals surface area contributed by atoms with E-state index in [-0.39, 0.29) is 11.4 Å². The van der Waals surface area contributed by atoms with Crippen LogP contribution in [0.4, 0.5) is 0 Å². The van der Waals surface area contributed by atoms with E-state index in [1.54, 1.807) is 0 Å². The summed E-state index contributed by atoms with van der Waals surface area (Å²) in [6.07, 6.45) is 1.38. The van der Waals surface area contributed by atoms with Crippen molar-refractivity contribution in [3.8, 4) is 16.3 Å². The average molecular weight is 419 g/mol. The first-order valence-corrected chi connectivity index (χ1v) is 9.73. The molecule has 2 aromatic carbocycles. The second kappa shape index (κ2) is 6.82. The molecule has 0 spiro atoms. The third-order valence-electron chi connectivity index (χ3n) is 4.66. The summed E-state index contributed by atoms with van der Waals surface area (Å²) >= 11 is 1.20. The van der Waals surface area contributed by atoms with Gasteiger partial charge in [0.15, 0.2) is 11.4 Å². The van der Waals surface area contributed by atoms with Crippen molar-refractivity contribution >= 4 is 55.4 Å².